The van der Waals surface area contributed by atoms with Crippen LogP contribution in [0.1, 0.15) is 5.56 Å². The van der Waals surface area contributed by atoms with E-state index in [9.17, 15) is 5.26 Å². The Kier molecular flexibility index (Phi) is 4.89. The SMILES string of the molecule is N#Cc1ccc(-c2cccc(-c3ccc4c(c3)c3cccc5c3n4-c3ccccc3O5)c2)cc1-c1ccccc1. The van der Waals surface area contributed by atoms with Crippen molar-refractivity contribution in [1.29, 1.82) is 5.26 Å². The van der Waals surface area contributed by atoms with Crippen molar-refractivity contribution >= 4 is 21.8 Å². The maximum atomic E-state index is 9.73. The lowest BCUT2D eigenvalue weighted by Crippen LogP contribution is -2.03. The number of hydrogen-bond acceptors (Lipinski definition) is 2. The fraction of sp³-hybridized carbons (Fsp3) is 0. The number of nitrogens with zero attached hydrogens (tertiary/aromatic N) is 2. The molecule has 0 unspecified atom stereocenters. The van der Waals surface area contributed by atoms with E-state index in [4.69, 9.17) is 4.74 Å². The largest absolute Gasteiger partial charge is 0.453 e. The summed E-state index contributed by atoms with van der Waals surface area (Å²) in [5.74, 6) is 1.75. The number of aromatic nitrogens is 1. The van der Waals surface area contributed by atoms with Crippen molar-refractivity contribution in [2.45, 2.75) is 0 Å². The van der Waals surface area contributed by atoms with Gasteiger partial charge in [0.25, 0.3) is 0 Å². The van der Waals surface area contributed by atoms with Gasteiger partial charge < -0.3 is 9.30 Å². The van der Waals surface area contributed by atoms with Crippen LogP contribution >= 0.6 is 0 Å². The van der Waals surface area contributed by atoms with Crippen LogP contribution in [0.25, 0.3) is 60.9 Å². The van der Waals surface area contributed by atoms with Gasteiger partial charge in [-0.1, -0.05) is 84.9 Å². The Hall–Kier alpha value is -5.59. The Balaban J connectivity index is 1.27. The molecule has 186 valence electrons. The first-order chi connectivity index (χ1) is 19.8. The molecule has 3 heteroatoms. The van der Waals surface area contributed by atoms with Crippen LogP contribution in [-0.2, 0) is 0 Å². The topological polar surface area (TPSA) is 38.0 Å². The number of benzene rings is 6. The van der Waals surface area contributed by atoms with Crippen LogP contribution in [0.5, 0.6) is 11.5 Å². The van der Waals surface area contributed by atoms with Crippen LogP contribution in [0, 0.1) is 11.3 Å². The first-order valence-electron chi connectivity index (χ1n) is 13.3. The third-order valence-corrected chi connectivity index (χ3v) is 7.83. The highest BCUT2D eigenvalue weighted by atomic mass is 16.5. The van der Waals surface area contributed by atoms with E-state index < -0.39 is 0 Å². The molecule has 2 heterocycles. The van der Waals surface area contributed by atoms with Crippen LogP contribution in [-0.4, -0.2) is 4.57 Å². The Morgan fingerprint density at radius 1 is 0.525 bits per heavy atom. The lowest BCUT2D eigenvalue weighted by atomic mass is 9.93. The van der Waals surface area contributed by atoms with Crippen molar-refractivity contribution in [2.24, 2.45) is 0 Å². The summed E-state index contributed by atoms with van der Waals surface area (Å²) >= 11 is 0. The van der Waals surface area contributed by atoms with Gasteiger partial charge in [0.1, 0.15) is 0 Å². The van der Waals surface area contributed by atoms with Crippen molar-refractivity contribution in [3.63, 3.8) is 0 Å². The molecule has 1 aliphatic rings. The summed E-state index contributed by atoms with van der Waals surface area (Å²) in [5, 5.41) is 12.1. The van der Waals surface area contributed by atoms with Crippen LogP contribution in [0.3, 0.4) is 0 Å². The third kappa shape index (κ3) is 3.37. The monoisotopic (exact) mass is 510 g/mol. The normalized spacial score (nSPS) is 11.7. The van der Waals surface area contributed by atoms with Gasteiger partial charge in [0, 0.05) is 16.3 Å². The van der Waals surface area contributed by atoms with Gasteiger partial charge in [0.15, 0.2) is 11.5 Å². The smallest absolute Gasteiger partial charge is 0.152 e. The quantitative estimate of drug-likeness (QED) is 0.237. The first-order valence-corrected chi connectivity index (χ1v) is 13.3. The van der Waals surface area contributed by atoms with Crippen molar-refractivity contribution < 1.29 is 4.74 Å². The maximum Gasteiger partial charge on any atom is 0.152 e. The molecule has 40 heavy (non-hydrogen) atoms. The molecule has 1 aromatic heterocycles. The van der Waals surface area contributed by atoms with Gasteiger partial charge in [0.05, 0.1) is 28.4 Å². The lowest BCUT2D eigenvalue weighted by molar-refractivity contribution is 0.476. The fourth-order valence-corrected chi connectivity index (χ4v) is 5.95. The number of hydrogen-bond donors (Lipinski definition) is 0. The van der Waals surface area contributed by atoms with Crippen LogP contribution in [0.4, 0.5) is 0 Å². The Bertz CT molecular complexity index is 2150. The van der Waals surface area contributed by atoms with Gasteiger partial charge in [-0.15, -0.1) is 0 Å². The summed E-state index contributed by atoms with van der Waals surface area (Å²) in [4.78, 5) is 0. The Labute approximate surface area is 231 Å². The standard InChI is InChI=1S/C37H22N2O/c38-23-29-17-16-27(21-31(29)24-8-2-1-3-9-24)25-10-6-11-26(20-25)28-18-19-33-32(22-28)30-12-7-15-36-37(30)39(33)34-13-4-5-14-35(34)40-36/h1-22H. The number of nitriles is 1. The molecule has 0 fully saturated rings. The van der Waals surface area contributed by atoms with E-state index in [1.165, 1.54) is 10.8 Å². The Morgan fingerprint density at radius 2 is 1.20 bits per heavy atom. The number of fused-ring (bicyclic) bond motifs is 5. The molecule has 0 saturated carbocycles. The second-order valence-corrected chi connectivity index (χ2v) is 10.1. The molecular weight excluding hydrogens is 488 g/mol. The van der Waals surface area contributed by atoms with Gasteiger partial charge in [-0.3, -0.25) is 0 Å². The minimum absolute atomic E-state index is 0.676. The zero-order valence-corrected chi connectivity index (χ0v) is 21.5. The summed E-state index contributed by atoms with van der Waals surface area (Å²) in [5.41, 5.74) is 10.5. The van der Waals surface area contributed by atoms with Crippen molar-refractivity contribution in [1.82, 2.24) is 4.57 Å². The van der Waals surface area contributed by atoms with Gasteiger partial charge in [-0.05, 0) is 76.3 Å². The molecule has 0 atom stereocenters. The molecule has 0 aliphatic carbocycles. The van der Waals surface area contributed by atoms with Gasteiger partial charge in [-0.25, -0.2) is 0 Å². The maximum absolute atomic E-state index is 9.73. The van der Waals surface area contributed by atoms with Gasteiger partial charge >= 0.3 is 0 Å². The van der Waals surface area contributed by atoms with E-state index >= 15 is 0 Å². The summed E-state index contributed by atoms with van der Waals surface area (Å²) in [6.45, 7) is 0. The molecule has 6 aromatic carbocycles. The number of rotatable bonds is 3. The zero-order valence-electron chi connectivity index (χ0n) is 21.5. The first kappa shape index (κ1) is 22.4. The molecule has 0 bridgehead atoms. The highest BCUT2D eigenvalue weighted by Gasteiger charge is 2.23. The average molecular weight is 511 g/mol. The molecular formula is C37H22N2O. The van der Waals surface area contributed by atoms with Crippen LogP contribution < -0.4 is 4.74 Å². The Morgan fingerprint density at radius 3 is 2.05 bits per heavy atom. The van der Waals surface area contributed by atoms with Gasteiger partial charge in [-0.2, -0.15) is 5.26 Å². The molecule has 0 N–H and O–H groups in total. The second-order valence-electron chi connectivity index (χ2n) is 10.1. The molecule has 0 radical (unpaired) electrons. The minimum Gasteiger partial charge on any atom is -0.453 e. The fourth-order valence-electron chi connectivity index (χ4n) is 5.95. The molecule has 0 spiro atoms. The van der Waals surface area contributed by atoms with E-state index in [1.807, 2.05) is 60.7 Å². The molecule has 0 saturated heterocycles. The molecule has 8 rings (SSSR count). The van der Waals surface area contributed by atoms with E-state index in [1.54, 1.807) is 0 Å². The van der Waals surface area contributed by atoms with Crippen LogP contribution in [0.2, 0.25) is 0 Å². The molecule has 1 aliphatic heterocycles. The third-order valence-electron chi connectivity index (χ3n) is 7.83. The summed E-state index contributed by atoms with van der Waals surface area (Å²) in [6.07, 6.45) is 0. The summed E-state index contributed by atoms with van der Waals surface area (Å²) in [6, 6.07) is 48.4. The average Bonchev–Trinajstić information content (AvgIpc) is 3.36. The molecule has 7 aromatic rings. The number of para-hydroxylation sites is 3. The summed E-state index contributed by atoms with van der Waals surface area (Å²) < 4.78 is 8.60. The predicted molar refractivity (Wildman–Crippen MR) is 162 cm³/mol. The molecule has 0 amide bonds. The predicted octanol–water partition coefficient (Wildman–Crippen LogP) is 9.76. The highest BCUT2D eigenvalue weighted by molar-refractivity contribution is 6.13. The zero-order chi connectivity index (χ0) is 26.6. The van der Waals surface area contributed by atoms with E-state index in [2.05, 4.69) is 83.4 Å². The van der Waals surface area contributed by atoms with Crippen molar-refractivity contribution in [3.05, 3.63) is 139 Å². The summed E-state index contributed by atoms with van der Waals surface area (Å²) in [7, 11) is 0. The highest BCUT2D eigenvalue weighted by Crippen LogP contribution is 2.45. The van der Waals surface area contributed by atoms with Crippen molar-refractivity contribution in [3.8, 4) is 56.6 Å². The van der Waals surface area contributed by atoms with Crippen LogP contribution in [0.15, 0.2) is 133 Å². The molecule has 3 nitrogen and oxygen atoms in total. The number of ether oxygens (including phenoxy) is 1. The van der Waals surface area contributed by atoms with E-state index in [0.29, 0.717) is 5.56 Å². The van der Waals surface area contributed by atoms with E-state index in [0.717, 1.165) is 61.6 Å². The van der Waals surface area contributed by atoms with Gasteiger partial charge in [0.2, 0.25) is 0 Å². The van der Waals surface area contributed by atoms with E-state index in [-0.39, 0.29) is 0 Å². The van der Waals surface area contributed by atoms with Crippen molar-refractivity contribution in [2.75, 3.05) is 0 Å². The second kappa shape index (κ2) is 8.73. The minimum atomic E-state index is 0.676. The lowest BCUT2D eigenvalue weighted by Gasteiger charge is -2.20.